The van der Waals surface area contributed by atoms with Crippen LogP contribution in [-0.2, 0) is 10.0 Å². The highest BCUT2D eigenvalue weighted by molar-refractivity contribution is 7.89. The minimum absolute atomic E-state index is 0.0505. The van der Waals surface area contributed by atoms with Crippen molar-refractivity contribution in [3.63, 3.8) is 0 Å². The van der Waals surface area contributed by atoms with Crippen LogP contribution in [0.3, 0.4) is 0 Å². The Bertz CT molecular complexity index is 577. The van der Waals surface area contributed by atoms with Gasteiger partial charge in [-0.25, -0.2) is 12.8 Å². The maximum Gasteiger partial charge on any atom is 0.243 e. The first kappa shape index (κ1) is 15.7. The Morgan fingerprint density at radius 2 is 2.10 bits per heavy atom. The van der Waals surface area contributed by atoms with Crippen LogP contribution in [0.1, 0.15) is 31.2 Å². The molecule has 0 aromatic heterocycles. The number of benzene rings is 1. The largest absolute Gasteiger partial charge is 0.243 e. The number of halogens is 2. The van der Waals surface area contributed by atoms with Gasteiger partial charge < -0.3 is 0 Å². The molecular weight excluding hydrogens is 301 g/mol. The molecule has 20 heavy (non-hydrogen) atoms. The summed E-state index contributed by atoms with van der Waals surface area (Å²) in [6, 6.07) is 3.67. The SMILES string of the molecule is Cc1ccc(F)cc1S(=O)(=O)N1CCCCCC1CCl. The zero-order valence-electron chi connectivity index (χ0n) is 11.5. The molecule has 0 spiro atoms. The lowest BCUT2D eigenvalue weighted by Gasteiger charge is -2.28. The van der Waals surface area contributed by atoms with Gasteiger partial charge in [-0.3, -0.25) is 0 Å². The molecule has 112 valence electrons. The predicted octanol–water partition coefficient (Wildman–Crippen LogP) is 3.31. The van der Waals surface area contributed by atoms with Crippen LogP contribution in [0.2, 0.25) is 0 Å². The van der Waals surface area contributed by atoms with E-state index >= 15 is 0 Å². The van der Waals surface area contributed by atoms with Crippen LogP contribution in [0, 0.1) is 12.7 Å². The first-order valence-electron chi connectivity index (χ1n) is 6.81. The van der Waals surface area contributed by atoms with Gasteiger partial charge in [-0.1, -0.05) is 18.9 Å². The summed E-state index contributed by atoms with van der Waals surface area (Å²) >= 11 is 5.93. The maximum atomic E-state index is 13.4. The van der Waals surface area contributed by atoms with E-state index in [0.717, 1.165) is 31.7 Å². The molecule has 2 rings (SSSR count). The molecule has 1 atom stereocenters. The Labute approximate surface area is 124 Å². The fraction of sp³-hybridized carbons (Fsp3) is 0.571. The summed E-state index contributed by atoms with van der Waals surface area (Å²) in [5, 5.41) is 0. The van der Waals surface area contributed by atoms with E-state index in [1.807, 2.05) is 0 Å². The molecule has 3 nitrogen and oxygen atoms in total. The van der Waals surface area contributed by atoms with Crippen molar-refractivity contribution >= 4 is 21.6 Å². The molecule has 0 radical (unpaired) electrons. The van der Waals surface area contributed by atoms with Crippen LogP contribution in [-0.4, -0.2) is 31.2 Å². The highest BCUT2D eigenvalue weighted by Gasteiger charge is 2.33. The van der Waals surface area contributed by atoms with E-state index in [9.17, 15) is 12.8 Å². The third-order valence-corrected chi connectivity index (χ3v) is 6.19. The molecule has 1 heterocycles. The number of alkyl halides is 1. The molecule has 0 saturated carbocycles. The van der Waals surface area contributed by atoms with Crippen LogP contribution in [0.5, 0.6) is 0 Å². The maximum absolute atomic E-state index is 13.4. The Morgan fingerprint density at radius 1 is 1.35 bits per heavy atom. The van der Waals surface area contributed by atoms with Gasteiger partial charge in [0.1, 0.15) is 5.82 Å². The normalized spacial score (nSPS) is 21.6. The monoisotopic (exact) mass is 319 g/mol. The van der Waals surface area contributed by atoms with Crippen molar-refractivity contribution in [1.29, 1.82) is 0 Å². The van der Waals surface area contributed by atoms with Gasteiger partial charge >= 0.3 is 0 Å². The molecule has 0 amide bonds. The highest BCUT2D eigenvalue weighted by atomic mass is 35.5. The number of nitrogens with zero attached hydrogens (tertiary/aromatic N) is 1. The highest BCUT2D eigenvalue weighted by Crippen LogP contribution is 2.27. The summed E-state index contributed by atoms with van der Waals surface area (Å²) < 4.78 is 40.4. The Kier molecular flexibility index (Phi) is 5.04. The molecule has 1 saturated heterocycles. The van der Waals surface area contributed by atoms with Crippen molar-refractivity contribution in [2.24, 2.45) is 0 Å². The zero-order valence-corrected chi connectivity index (χ0v) is 13.1. The minimum atomic E-state index is -3.69. The van der Waals surface area contributed by atoms with Crippen LogP contribution in [0.4, 0.5) is 4.39 Å². The van der Waals surface area contributed by atoms with E-state index in [4.69, 9.17) is 11.6 Å². The topological polar surface area (TPSA) is 37.4 Å². The van der Waals surface area contributed by atoms with Crippen molar-refractivity contribution in [3.05, 3.63) is 29.6 Å². The van der Waals surface area contributed by atoms with E-state index in [1.165, 1.54) is 16.4 Å². The minimum Gasteiger partial charge on any atom is -0.207 e. The first-order chi connectivity index (χ1) is 9.46. The second kappa shape index (κ2) is 6.41. The van der Waals surface area contributed by atoms with Gasteiger partial charge in [0.15, 0.2) is 0 Å². The summed E-state index contributed by atoms with van der Waals surface area (Å²) in [6.45, 7) is 2.13. The first-order valence-corrected chi connectivity index (χ1v) is 8.78. The smallest absolute Gasteiger partial charge is 0.207 e. The van der Waals surface area contributed by atoms with Crippen molar-refractivity contribution in [2.75, 3.05) is 12.4 Å². The summed E-state index contributed by atoms with van der Waals surface area (Å²) in [4.78, 5) is 0.0505. The van der Waals surface area contributed by atoms with Crippen LogP contribution in [0.15, 0.2) is 23.1 Å². The summed E-state index contributed by atoms with van der Waals surface area (Å²) in [6.07, 6.45) is 3.56. The molecule has 1 aromatic carbocycles. The number of aryl methyl sites for hydroxylation is 1. The van der Waals surface area contributed by atoms with Crippen LogP contribution < -0.4 is 0 Å². The standard InChI is InChI=1S/C14H19ClFNO2S/c1-11-6-7-12(16)9-14(11)20(18,19)17-8-4-2-3-5-13(17)10-15/h6-7,9,13H,2-5,8,10H2,1H3. The number of hydrogen-bond donors (Lipinski definition) is 0. The molecule has 0 aliphatic carbocycles. The van der Waals surface area contributed by atoms with Crippen molar-refractivity contribution in [2.45, 2.75) is 43.5 Å². The number of rotatable bonds is 3. The average molecular weight is 320 g/mol. The van der Waals surface area contributed by atoms with Gasteiger partial charge in [0.25, 0.3) is 0 Å². The molecule has 1 aliphatic heterocycles. The fourth-order valence-corrected chi connectivity index (χ4v) is 4.93. The van der Waals surface area contributed by atoms with Crippen molar-refractivity contribution < 1.29 is 12.8 Å². The van der Waals surface area contributed by atoms with Gasteiger partial charge in [0.05, 0.1) is 4.90 Å². The van der Waals surface area contributed by atoms with E-state index in [2.05, 4.69) is 0 Å². The summed E-state index contributed by atoms with van der Waals surface area (Å²) in [7, 11) is -3.69. The van der Waals surface area contributed by atoms with Crippen molar-refractivity contribution in [3.8, 4) is 0 Å². The molecule has 1 aliphatic rings. The number of hydrogen-bond acceptors (Lipinski definition) is 2. The van der Waals surface area contributed by atoms with Gasteiger partial charge in [0.2, 0.25) is 10.0 Å². The molecule has 0 bridgehead atoms. The lowest BCUT2D eigenvalue weighted by Crippen LogP contribution is -2.41. The van der Waals surface area contributed by atoms with E-state index in [0.29, 0.717) is 12.1 Å². The van der Waals surface area contributed by atoms with Gasteiger partial charge in [-0.15, -0.1) is 11.6 Å². The quantitative estimate of drug-likeness (QED) is 0.802. The lowest BCUT2D eigenvalue weighted by molar-refractivity contribution is 0.344. The molecular formula is C14H19ClFNO2S. The summed E-state index contributed by atoms with van der Waals surface area (Å²) in [5.74, 6) is -0.264. The van der Waals surface area contributed by atoms with E-state index in [-0.39, 0.29) is 16.8 Å². The fourth-order valence-electron chi connectivity index (χ4n) is 2.60. The second-order valence-corrected chi connectivity index (χ2v) is 7.35. The van der Waals surface area contributed by atoms with Crippen LogP contribution in [0.25, 0.3) is 0 Å². The molecule has 1 aromatic rings. The van der Waals surface area contributed by atoms with Crippen LogP contribution >= 0.6 is 11.6 Å². The summed E-state index contributed by atoms with van der Waals surface area (Å²) in [5.41, 5.74) is 0.559. The van der Waals surface area contributed by atoms with E-state index in [1.54, 1.807) is 6.92 Å². The zero-order chi connectivity index (χ0) is 14.8. The number of sulfonamides is 1. The Morgan fingerprint density at radius 3 is 2.80 bits per heavy atom. The lowest BCUT2D eigenvalue weighted by atomic mass is 10.1. The van der Waals surface area contributed by atoms with E-state index < -0.39 is 15.8 Å². The third kappa shape index (κ3) is 3.15. The molecule has 1 fully saturated rings. The second-order valence-electron chi connectivity index (χ2n) is 5.18. The molecule has 0 N–H and O–H groups in total. The average Bonchev–Trinajstić information content (AvgIpc) is 2.66. The van der Waals surface area contributed by atoms with Gasteiger partial charge in [0, 0.05) is 18.5 Å². The van der Waals surface area contributed by atoms with Gasteiger partial charge in [-0.2, -0.15) is 4.31 Å². The third-order valence-electron chi connectivity index (χ3n) is 3.74. The Balaban J connectivity index is 2.44. The van der Waals surface area contributed by atoms with Gasteiger partial charge in [-0.05, 0) is 37.5 Å². The molecule has 6 heteroatoms. The molecule has 1 unspecified atom stereocenters. The Hall–Kier alpha value is -0.650. The predicted molar refractivity (Wildman–Crippen MR) is 78.0 cm³/mol. The van der Waals surface area contributed by atoms with Crippen molar-refractivity contribution in [1.82, 2.24) is 4.31 Å².